The first-order valence-corrected chi connectivity index (χ1v) is 9.19. The Hall–Kier alpha value is -1.54. The molecule has 0 atom stereocenters. The highest BCUT2D eigenvalue weighted by atomic mass is 31.2. The van der Waals surface area contributed by atoms with Crippen LogP contribution in [0.25, 0.3) is 11.2 Å². The van der Waals surface area contributed by atoms with Crippen LogP contribution in [0.1, 0.15) is 20.3 Å². The lowest BCUT2D eigenvalue weighted by atomic mass is 10.5. The van der Waals surface area contributed by atoms with Crippen molar-refractivity contribution in [2.75, 3.05) is 31.7 Å². The maximum Gasteiger partial charge on any atom is 0.330 e. The second-order valence-electron chi connectivity index (χ2n) is 4.71. The van der Waals surface area contributed by atoms with Gasteiger partial charge in [-0.2, -0.15) is 0 Å². The summed E-state index contributed by atoms with van der Waals surface area (Å²) in [5, 5.41) is 0. The fourth-order valence-corrected chi connectivity index (χ4v) is 3.71. The molecule has 2 aromatic heterocycles. The van der Waals surface area contributed by atoms with Crippen LogP contribution in [0.2, 0.25) is 0 Å². The van der Waals surface area contributed by atoms with Crippen LogP contribution in [0.3, 0.4) is 0 Å². The normalized spacial score (nSPS) is 12.1. The number of fused-ring (bicyclic) bond motifs is 1. The molecule has 10 heteroatoms. The maximum absolute atomic E-state index is 12.3. The van der Waals surface area contributed by atoms with Gasteiger partial charge in [0, 0.05) is 6.61 Å². The molecule has 2 rings (SSSR count). The molecule has 2 N–H and O–H groups in total. The topological polar surface area (TPSA) is 114 Å². The lowest BCUT2D eigenvalue weighted by Crippen LogP contribution is -2.07. The molecule has 0 aliphatic rings. The minimum Gasteiger partial charge on any atom is -0.382 e. The van der Waals surface area contributed by atoms with Crippen molar-refractivity contribution >= 4 is 24.6 Å². The summed E-state index contributed by atoms with van der Waals surface area (Å²) in [7, 11) is -3.00. The Balaban J connectivity index is 1.81. The van der Waals surface area contributed by atoms with Crippen molar-refractivity contribution in [3.05, 3.63) is 12.7 Å². The van der Waals surface area contributed by atoms with Crippen LogP contribution in [0.4, 0.5) is 5.82 Å². The largest absolute Gasteiger partial charge is 0.382 e. The fraction of sp³-hybridized carbons (Fsp3) is 0.615. The Morgan fingerprint density at radius 1 is 1.22 bits per heavy atom. The van der Waals surface area contributed by atoms with E-state index in [1.807, 2.05) is 0 Å². The molecule has 0 radical (unpaired) electrons. The second-order valence-corrected chi connectivity index (χ2v) is 6.89. The molecule has 0 spiro atoms. The molecule has 0 aromatic carbocycles. The van der Waals surface area contributed by atoms with Gasteiger partial charge >= 0.3 is 7.60 Å². The van der Waals surface area contributed by atoms with E-state index < -0.39 is 7.60 Å². The number of anilines is 1. The smallest absolute Gasteiger partial charge is 0.330 e. The van der Waals surface area contributed by atoms with Crippen LogP contribution >= 0.6 is 7.60 Å². The number of aromatic nitrogens is 4. The average molecular weight is 343 g/mol. The number of imidazole rings is 1. The van der Waals surface area contributed by atoms with Gasteiger partial charge in [0.15, 0.2) is 11.5 Å². The molecule has 0 fully saturated rings. The maximum atomic E-state index is 12.3. The predicted octanol–water partition coefficient (Wildman–Crippen LogP) is 2.04. The number of hydrogen-bond donors (Lipinski definition) is 1. The summed E-state index contributed by atoms with van der Waals surface area (Å²) in [4.78, 5) is 12.2. The predicted molar refractivity (Wildman–Crippen MR) is 86.0 cm³/mol. The van der Waals surface area contributed by atoms with Crippen molar-refractivity contribution in [3.8, 4) is 0 Å². The quantitative estimate of drug-likeness (QED) is 0.515. The average Bonchev–Trinajstić information content (AvgIpc) is 2.92. The minimum atomic E-state index is -3.00. The van der Waals surface area contributed by atoms with E-state index in [9.17, 15) is 4.57 Å². The number of hydrogen-bond acceptors (Lipinski definition) is 8. The van der Waals surface area contributed by atoms with Gasteiger partial charge in [-0.25, -0.2) is 15.0 Å². The Labute approximate surface area is 134 Å². The van der Waals surface area contributed by atoms with Crippen molar-refractivity contribution in [2.24, 2.45) is 0 Å². The molecule has 128 valence electrons. The third-order valence-electron chi connectivity index (χ3n) is 3.03. The molecule has 2 heterocycles. The van der Waals surface area contributed by atoms with Gasteiger partial charge < -0.3 is 19.5 Å². The molecule has 0 aliphatic carbocycles. The van der Waals surface area contributed by atoms with E-state index in [1.165, 1.54) is 6.33 Å². The molecule has 0 bridgehead atoms. The van der Waals surface area contributed by atoms with E-state index in [0.717, 1.165) is 0 Å². The fourth-order valence-electron chi connectivity index (χ4n) is 2.08. The van der Waals surface area contributed by atoms with Crippen molar-refractivity contribution in [1.29, 1.82) is 0 Å². The van der Waals surface area contributed by atoms with Gasteiger partial charge in [-0.1, -0.05) is 0 Å². The molecule has 0 saturated heterocycles. The zero-order valence-electron chi connectivity index (χ0n) is 13.3. The van der Waals surface area contributed by atoms with Crippen LogP contribution in [-0.2, 0) is 25.1 Å². The van der Waals surface area contributed by atoms with Crippen LogP contribution in [0, 0.1) is 0 Å². The Bertz CT molecular complexity index is 667. The van der Waals surface area contributed by atoms with Crippen molar-refractivity contribution in [1.82, 2.24) is 19.5 Å². The second kappa shape index (κ2) is 8.35. The molecular weight excluding hydrogens is 321 g/mol. The summed E-state index contributed by atoms with van der Waals surface area (Å²) in [6.45, 7) is 5.01. The van der Waals surface area contributed by atoms with Gasteiger partial charge in [0.05, 0.1) is 25.7 Å². The van der Waals surface area contributed by atoms with Gasteiger partial charge in [-0.3, -0.25) is 9.13 Å². The van der Waals surface area contributed by atoms with Crippen LogP contribution in [-0.4, -0.2) is 45.5 Å². The Morgan fingerprint density at radius 3 is 2.65 bits per heavy atom. The summed E-state index contributed by atoms with van der Waals surface area (Å²) < 4.78 is 30.0. The highest BCUT2D eigenvalue weighted by Crippen LogP contribution is 2.48. The third-order valence-corrected chi connectivity index (χ3v) is 5.20. The van der Waals surface area contributed by atoms with E-state index in [1.54, 1.807) is 24.7 Å². The first-order valence-electron chi connectivity index (χ1n) is 7.46. The minimum absolute atomic E-state index is 0.278. The van der Waals surface area contributed by atoms with Gasteiger partial charge in [-0.15, -0.1) is 0 Å². The molecule has 9 nitrogen and oxygen atoms in total. The SMILES string of the molecule is CCOP(=O)(CCCOCn1cnc2c(N)ncnc21)OCC. The molecule has 0 aliphatic heterocycles. The van der Waals surface area contributed by atoms with E-state index in [2.05, 4.69) is 15.0 Å². The molecule has 0 unspecified atom stereocenters. The third kappa shape index (κ3) is 4.71. The van der Waals surface area contributed by atoms with Gasteiger partial charge in [-0.05, 0) is 20.3 Å². The van der Waals surface area contributed by atoms with Crippen molar-refractivity contribution in [3.63, 3.8) is 0 Å². The number of nitrogen functional groups attached to an aromatic ring is 1. The van der Waals surface area contributed by atoms with Gasteiger partial charge in [0.25, 0.3) is 0 Å². The molecule has 0 saturated carbocycles. The molecule has 2 aromatic rings. The highest BCUT2D eigenvalue weighted by molar-refractivity contribution is 7.53. The standard InChI is InChI=1S/C13H22N5O4P/c1-3-21-23(19,22-4-2)7-5-6-20-10-18-9-17-11-12(14)15-8-16-13(11)18/h8-9H,3-7,10H2,1-2H3,(H2,14,15,16). The zero-order valence-corrected chi connectivity index (χ0v) is 14.2. The van der Waals surface area contributed by atoms with Gasteiger partial charge in [0.1, 0.15) is 18.6 Å². The molecule has 0 amide bonds. The summed E-state index contributed by atoms with van der Waals surface area (Å²) in [5.41, 5.74) is 6.89. The van der Waals surface area contributed by atoms with Crippen LogP contribution in [0.15, 0.2) is 12.7 Å². The lowest BCUT2D eigenvalue weighted by molar-refractivity contribution is 0.0788. The summed E-state index contributed by atoms with van der Waals surface area (Å²) in [6, 6.07) is 0. The summed E-state index contributed by atoms with van der Waals surface area (Å²) in [6.07, 6.45) is 3.88. The van der Waals surface area contributed by atoms with Crippen LogP contribution < -0.4 is 5.73 Å². The summed E-state index contributed by atoms with van der Waals surface area (Å²) >= 11 is 0. The van der Waals surface area contributed by atoms with Crippen molar-refractivity contribution < 1.29 is 18.3 Å². The Morgan fingerprint density at radius 2 is 1.96 bits per heavy atom. The first-order chi connectivity index (χ1) is 11.1. The molecular formula is C13H22N5O4P. The van der Waals surface area contributed by atoms with E-state index in [4.69, 9.17) is 19.5 Å². The number of rotatable bonds is 10. The van der Waals surface area contributed by atoms with Gasteiger partial charge in [0.2, 0.25) is 0 Å². The van der Waals surface area contributed by atoms with E-state index in [0.29, 0.717) is 49.4 Å². The Kier molecular flexibility index (Phi) is 6.47. The lowest BCUT2D eigenvalue weighted by Gasteiger charge is -2.16. The van der Waals surface area contributed by atoms with Crippen molar-refractivity contribution in [2.45, 2.75) is 27.0 Å². The summed E-state index contributed by atoms with van der Waals surface area (Å²) in [5.74, 6) is 0.336. The van der Waals surface area contributed by atoms with E-state index >= 15 is 0 Å². The molecule has 23 heavy (non-hydrogen) atoms. The number of ether oxygens (including phenoxy) is 1. The first kappa shape index (κ1) is 17.8. The number of nitrogens with zero attached hydrogens (tertiary/aromatic N) is 4. The monoisotopic (exact) mass is 343 g/mol. The zero-order chi connectivity index (χ0) is 16.7. The van der Waals surface area contributed by atoms with E-state index in [-0.39, 0.29) is 6.73 Å². The number of nitrogens with two attached hydrogens (primary N) is 1. The highest BCUT2D eigenvalue weighted by Gasteiger charge is 2.22. The van der Waals surface area contributed by atoms with Crippen LogP contribution in [0.5, 0.6) is 0 Å².